The maximum atomic E-state index is 12.9. The molecule has 0 aliphatic heterocycles. The zero-order chi connectivity index (χ0) is 22.7. The van der Waals surface area contributed by atoms with Crippen molar-refractivity contribution < 1.29 is 9.53 Å². The molecule has 1 N–H and O–H groups in total. The first kappa shape index (κ1) is 22.1. The molecule has 1 aromatic heterocycles. The van der Waals surface area contributed by atoms with E-state index in [2.05, 4.69) is 47.0 Å². The minimum atomic E-state index is -0.184. The predicted molar refractivity (Wildman–Crippen MR) is 132 cm³/mol. The van der Waals surface area contributed by atoms with Crippen molar-refractivity contribution >= 4 is 38.8 Å². The van der Waals surface area contributed by atoms with Crippen LogP contribution in [0, 0.1) is 0 Å². The second kappa shape index (κ2) is 9.17. The SMILES string of the molecule is CC(C)(C)c1ccc(C(=O)Nc2nc3ccccc3n2CCOc2ccc(Br)cc2)cc1. The quantitative estimate of drug-likeness (QED) is 0.338. The number of nitrogens with zero attached hydrogens (tertiary/aromatic N) is 2. The van der Waals surface area contributed by atoms with Crippen LogP contribution in [0.5, 0.6) is 5.75 Å². The molecule has 0 aliphatic rings. The van der Waals surface area contributed by atoms with Gasteiger partial charge in [0.05, 0.1) is 17.6 Å². The van der Waals surface area contributed by atoms with E-state index in [0.29, 0.717) is 24.7 Å². The Bertz CT molecular complexity index is 1220. The smallest absolute Gasteiger partial charge is 0.257 e. The molecule has 0 saturated carbocycles. The third-order valence-electron chi connectivity index (χ3n) is 5.29. The Morgan fingerprint density at radius 2 is 1.69 bits per heavy atom. The van der Waals surface area contributed by atoms with E-state index in [0.717, 1.165) is 21.3 Å². The zero-order valence-electron chi connectivity index (χ0n) is 18.4. The lowest BCUT2D eigenvalue weighted by molar-refractivity contribution is 0.102. The number of hydrogen-bond acceptors (Lipinski definition) is 3. The molecule has 0 bridgehead atoms. The summed E-state index contributed by atoms with van der Waals surface area (Å²) in [6.45, 7) is 7.46. The van der Waals surface area contributed by atoms with E-state index in [9.17, 15) is 4.79 Å². The maximum absolute atomic E-state index is 12.9. The van der Waals surface area contributed by atoms with Crippen molar-refractivity contribution in [1.29, 1.82) is 0 Å². The molecule has 1 amide bonds. The third kappa shape index (κ3) is 5.02. The number of carbonyl (C=O) groups excluding carboxylic acids is 1. The van der Waals surface area contributed by atoms with Gasteiger partial charge in [0.1, 0.15) is 12.4 Å². The molecule has 0 unspecified atom stereocenters. The van der Waals surface area contributed by atoms with Crippen LogP contribution >= 0.6 is 15.9 Å². The van der Waals surface area contributed by atoms with Gasteiger partial charge >= 0.3 is 0 Å². The number of rotatable bonds is 6. The Balaban J connectivity index is 1.53. The lowest BCUT2D eigenvalue weighted by Crippen LogP contribution is -2.18. The highest BCUT2D eigenvalue weighted by atomic mass is 79.9. The summed E-state index contributed by atoms with van der Waals surface area (Å²) in [6.07, 6.45) is 0. The standard InChI is InChI=1S/C26H26BrN3O2/c1-26(2,3)19-10-8-18(9-11-19)24(31)29-25-28-22-6-4-5-7-23(22)30(25)16-17-32-21-14-12-20(27)13-15-21/h4-15H,16-17H2,1-3H3,(H,28,29,31). The molecule has 5 nitrogen and oxygen atoms in total. The van der Waals surface area contributed by atoms with Crippen LogP contribution in [0.15, 0.2) is 77.3 Å². The fourth-order valence-electron chi connectivity index (χ4n) is 3.48. The average Bonchev–Trinajstić information content (AvgIpc) is 3.11. The molecule has 164 valence electrons. The normalized spacial score (nSPS) is 11.5. The first-order chi connectivity index (χ1) is 15.3. The van der Waals surface area contributed by atoms with Gasteiger partial charge < -0.3 is 9.30 Å². The molecule has 0 radical (unpaired) electrons. The first-order valence-corrected chi connectivity index (χ1v) is 11.4. The molecular formula is C26H26BrN3O2. The molecular weight excluding hydrogens is 466 g/mol. The molecule has 0 atom stereocenters. The number of nitrogens with one attached hydrogen (secondary N) is 1. The molecule has 4 rings (SSSR count). The van der Waals surface area contributed by atoms with E-state index in [1.165, 1.54) is 5.56 Å². The number of hydrogen-bond donors (Lipinski definition) is 1. The molecule has 3 aromatic carbocycles. The fraction of sp³-hybridized carbons (Fsp3) is 0.231. The fourth-order valence-corrected chi connectivity index (χ4v) is 3.74. The molecule has 32 heavy (non-hydrogen) atoms. The topological polar surface area (TPSA) is 56.2 Å². The molecule has 4 aromatic rings. The van der Waals surface area contributed by atoms with Gasteiger partial charge in [-0.2, -0.15) is 0 Å². The summed E-state index contributed by atoms with van der Waals surface area (Å²) in [5.74, 6) is 1.12. The molecule has 1 heterocycles. The maximum Gasteiger partial charge on any atom is 0.257 e. The van der Waals surface area contributed by atoms with E-state index in [-0.39, 0.29) is 11.3 Å². The van der Waals surface area contributed by atoms with Crippen LogP contribution < -0.4 is 10.1 Å². The number of aromatic nitrogens is 2. The van der Waals surface area contributed by atoms with E-state index < -0.39 is 0 Å². The highest BCUT2D eigenvalue weighted by Gasteiger charge is 2.17. The Labute approximate surface area is 196 Å². The van der Waals surface area contributed by atoms with Crippen molar-refractivity contribution in [1.82, 2.24) is 9.55 Å². The minimum absolute atomic E-state index is 0.0395. The van der Waals surface area contributed by atoms with Crippen molar-refractivity contribution in [2.75, 3.05) is 11.9 Å². The van der Waals surface area contributed by atoms with Crippen LogP contribution in [0.2, 0.25) is 0 Å². The molecule has 0 aliphatic carbocycles. The van der Waals surface area contributed by atoms with E-state index in [1.807, 2.05) is 77.4 Å². The first-order valence-electron chi connectivity index (χ1n) is 10.6. The summed E-state index contributed by atoms with van der Waals surface area (Å²) >= 11 is 3.43. The summed E-state index contributed by atoms with van der Waals surface area (Å²) < 4.78 is 8.88. The van der Waals surface area contributed by atoms with Gasteiger partial charge in [-0.05, 0) is 59.5 Å². The van der Waals surface area contributed by atoms with Crippen molar-refractivity contribution in [2.45, 2.75) is 32.7 Å². The van der Waals surface area contributed by atoms with Gasteiger partial charge in [-0.3, -0.25) is 10.1 Å². The van der Waals surface area contributed by atoms with Crippen molar-refractivity contribution in [3.8, 4) is 5.75 Å². The second-order valence-corrected chi connectivity index (χ2v) is 9.58. The van der Waals surface area contributed by atoms with Crippen LogP contribution in [-0.2, 0) is 12.0 Å². The summed E-state index contributed by atoms with van der Waals surface area (Å²) in [5, 5.41) is 2.98. The van der Waals surface area contributed by atoms with Crippen molar-refractivity contribution in [2.24, 2.45) is 0 Å². The van der Waals surface area contributed by atoms with Gasteiger partial charge in [-0.25, -0.2) is 4.98 Å². The summed E-state index contributed by atoms with van der Waals surface area (Å²) in [5.41, 5.74) is 3.60. The van der Waals surface area contributed by atoms with Gasteiger partial charge in [0.15, 0.2) is 0 Å². The largest absolute Gasteiger partial charge is 0.492 e. The molecule has 0 fully saturated rings. The van der Waals surface area contributed by atoms with E-state index >= 15 is 0 Å². The number of fused-ring (bicyclic) bond motifs is 1. The number of imidazole rings is 1. The number of para-hydroxylation sites is 2. The van der Waals surface area contributed by atoms with Gasteiger partial charge in [-0.15, -0.1) is 0 Å². The third-order valence-corrected chi connectivity index (χ3v) is 5.82. The van der Waals surface area contributed by atoms with Crippen molar-refractivity contribution in [3.63, 3.8) is 0 Å². The average molecular weight is 492 g/mol. The minimum Gasteiger partial charge on any atom is -0.492 e. The number of halogens is 1. The number of benzene rings is 3. The monoisotopic (exact) mass is 491 g/mol. The lowest BCUT2D eigenvalue weighted by atomic mass is 9.87. The van der Waals surface area contributed by atoms with Crippen LogP contribution in [0.1, 0.15) is 36.7 Å². The van der Waals surface area contributed by atoms with E-state index in [4.69, 9.17) is 4.74 Å². The van der Waals surface area contributed by atoms with Crippen LogP contribution in [0.3, 0.4) is 0 Å². The number of anilines is 1. The summed E-state index contributed by atoms with van der Waals surface area (Å²) in [7, 11) is 0. The predicted octanol–water partition coefficient (Wildman–Crippen LogP) is 6.43. The molecule has 6 heteroatoms. The molecule has 0 spiro atoms. The number of amides is 1. The Morgan fingerprint density at radius 3 is 2.38 bits per heavy atom. The van der Waals surface area contributed by atoms with Gasteiger partial charge in [-0.1, -0.05) is 61.0 Å². The van der Waals surface area contributed by atoms with Gasteiger partial charge in [0, 0.05) is 10.0 Å². The van der Waals surface area contributed by atoms with Crippen LogP contribution in [0.25, 0.3) is 11.0 Å². The van der Waals surface area contributed by atoms with Gasteiger partial charge in [0.2, 0.25) is 5.95 Å². The van der Waals surface area contributed by atoms with Crippen LogP contribution in [-0.4, -0.2) is 22.1 Å². The highest BCUT2D eigenvalue weighted by Crippen LogP contribution is 2.24. The Kier molecular flexibility index (Phi) is 6.33. The number of ether oxygens (including phenoxy) is 1. The second-order valence-electron chi connectivity index (χ2n) is 8.66. The van der Waals surface area contributed by atoms with E-state index in [1.54, 1.807) is 0 Å². The zero-order valence-corrected chi connectivity index (χ0v) is 20.0. The van der Waals surface area contributed by atoms with Crippen molar-refractivity contribution in [3.05, 3.63) is 88.4 Å². The Hall–Kier alpha value is -3.12. The molecule has 0 saturated heterocycles. The van der Waals surface area contributed by atoms with Gasteiger partial charge in [0.25, 0.3) is 5.91 Å². The van der Waals surface area contributed by atoms with Crippen LogP contribution in [0.4, 0.5) is 5.95 Å². The lowest BCUT2D eigenvalue weighted by Gasteiger charge is -2.19. The Morgan fingerprint density at radius 1 is 1.00 bits per heavy atom. The highest BCUT2D eigenvalue weighted by molar-refractivity contribution is 9.10. The summed E-state index contributed by atoms with van der Waals surface area (Å²) in [6, 6.07) is 23.3. The number of carbonyl (C=O) groups is 1. The summed E-state index contributed by atoms with van der Waals surface area (Å²) in [4.78, 5) is 17.6.